The van der Waals surface area contributed by atoms with Gasteiger partial charge in [-0.15, -0.1) is 0 Å². The molecule has 1 unspecified atom stereocenters. The quantitative estimate of drug-likeness (QED) is 0.768. The molecule has 0 spiro atoms. The normalized spacial score (nSPS) is 23.7. The molecule has 2 aromatic carbocycles. The molecule has 110 valence electrons. The molecule has 0 fully saturated rings. The Kier molecular flexibility index (Phi) is 3.19. The van der Waals surface area contributed by atoms with E-state index in [0.29, 0.717) is 11.1 Å². The zero-order valence-corrected chi connectivity index (χ0v) is 13.1. The fourth-order valence-corrected chi connectivity index (χ4v) is 4.43. The molecule has 1 atom stereocenters. The van der Waals surface area contributed by atoms with Crippen LogP contribution >= 0.6 is 7.60 Å². The van der Waals surface area contributed by atoms with E-state index in [2.05, 4.69) is 0 Å². The van der Waals surface area contributed by atoms with Crippen molar-refractivity contribution in [2.24, 2.45) is 0 Å². The van der Waals surface area contributed by atoms with Crippen LogP contribution in [0.15, 0.2) is 36.4 Å². The molecule has 1 heterocycles. The lowest BCUT2D eigenvalue weighted by Crippen LogP contribution is -2.30. The Morgan fingerprint density at radius 2 is 1.81 bits per heavy atom. The Hall–Kier alpha value is -1.64. The third-order valence-electron chi connectivity index (χ3n) is 3.95. The van der Waals surface area contributed by atoms with Crippen LogP contribution in [0.3, 0.4) is 0 Å². The molecular weight excluding hydrogens is 287 g/mol. The van der Waals surface area contributed by atoms with Crippen LogP contribution < -0.4 is 0 Å². The van der Waals surface area contributed by atoms with Gasteiger partial charge in [-0.05, 0) is 49.2 Å². The van der Waals surface area contributed by atoms with Crippen molar-refractivity contribution < 1.29 is 18.4 Å². The number of benzene rings is 2. The summed E-state index contributed by atoms with van der Waals surface area (Å²) in [7, 11) is -3.53. The van der Waals surface area contributed by atoms with E-state index in [0.717, 1.165) is 10.8 Å². The summed E-state index contributed by atoms with van der Waals surface area (Å²) in [5.41, 5.74) is 1.18. The molecule has 21 heavy (non-hydrogen) atoms. The summed E-state index contributed by atoms with van der Waals surface area (Å²) in [6.07, 6.45) is 0. The molecule has 0 aromatic heterocycles. The van der Waals surface area contributed by atoms with Crippen molar-refractivity contribution in [3.63, 3.8) is 0 Å². The number of carbonyl (C=O) groups is 1. The largest absolute Gasteiger partial charge is 0.391 e. The van der Waals surface area contributed by atoms with Crippen LogP contribution in [0.5, 0.6) is 0 Å². The van der Waals surface area contributed by atoms with Gasteiger partial charge >= 0.3 is 13.6 Å². The van der Waals surface area contributed by atoms with Crippen LogP contribution in [-0.4, -0.2) is 12.6 Å². The van der Waals surface area contributed by atoms with Crippen LogP contribution in [-0.2, 0) is 18.8 Å². The first-order valence-electron chi connectivity index (χ1n) is 6.91. The van der Waals surface area contributed by atoms with Crippen molar-refractivity contribution in [2.75, 3.05) is 6.61 Å². The average molecular weight is 304 g/mol. The molecule has 1 aliphatic rings. The molecule has 0 radical (unpaired) electrons. The van der Waals surface area contributed by atoms with E-state index in [1.54, 1.807) is 26.8 Å². The highest BCUT2D eigenvalue weighted by molar-refractivity contribution is 7.55. The summed E-state index contributed by atoms with van der Waals surface area (Å²) in [6, 6.07) is 11.5. The van der Waals surface area contributed by atoms with Gasteiger partial charge in [-0.2, -0.15) is 0 Å². The van der Waals surface area contributed by atoms with Gasteiger partial charge in [-0.3, -0.25) is 4.52 Å². The summed E-state index contributed by atoms with van der Waals surface area (Å²) < 4.78 is 23.5. The van der Waals surface area contributed by atoms with E-state index in [9.17, 15) is 9.36 Å². The van der Waals surface area contributed by atoms with Gasteiger partial charge in [-0.1, -0.05) is 24.3 Å². The molecule has 1 aliphatic heterocycles. The lowest BCUT2D eigenvalue weighted by Gasteiger charge is -2.37. The number of rotatable bonds is 2. The lowest BCUT2D eigenvalue weighted by atomic mass is 9.92. The minimum Gasteiger partial charge on any atom is -0.387 e. The second kappa shape index (κ2) is 4.69. The van der Waals surface area contributed by atoms with Gasteiger partial charge in [0.1, 0.15) is 5.16 Å². The van der Waals surface area contributed by atoms with E-state index in [1.807, 2.05) is 30.3 Å². The predicted molar refractivity (Wildman–Crippen MR) is 81.6 cm³/mol. The van der Waals surface area contributed by atoms with Crippen molar-refractivity contribution in [2.45, 2.75) is 25.9 Å². The number of fused-ring (bicyclic) bond motifs is 2. The minimum atomic E-state index is -3.53. The van der Waals surface area contributed by atoms with E-state index in [1.165, 1.54) is 0 Å². The maximum atomic E-state index is 12.9. The molecule has 0 bridgehead atoms. The van der Waals surface area contributed by atoms with E-state index < -0.39 is 18.7 Å². The second-order valence-corrected chi connectivity index (χ2v) is 8.15. The summed E-state index contributed by atoms with van der Waals surface area (Å²) in [5.74, 6) is -0.577. The predicted octanol–water partition coefficient (Wildman–Crippen LogP) is 4.47. The first-order valence-corrected chi connectivity index (χ1v) is 8.45. The van der Waals surface area contributed by atoms with Crippen molar-refractivity contribution in [1.82, 2.24) is 0 Å². The Morgan fingerprint density at radius 3 is 2.43 bits per heavy atom. The van der Waals surface area contributed by atoms with Crippen LogP contribution in [0.2, 0.25) is 0 Å². The van der Waals surface area contributed by atoms with Crippen molar-refractivity contribution in [1.29, 1.82) is 0 Å². The molecule has 3 rings (SSSR count). The maximum absolute atomic E-state index is 12.9. The van der Waals surface area contributed by atoms with Crippen LogP contribution in [0, 0.1) is 0 Å². The zero-order chi connectivity index (χ0) is 15.3. The van der Waals surface area contributed by atoms with Crippen molar-refractivity contribution >= 4 is 24.3 Å². The SMILES string of the molecule is CCOP1(=O)OC(=O)c2cc3ccccc3cc2C1(C)C. The highest BCUT2D eigenvalue weighted by Crippen LogP contribution is 2.67. The highest BCUT2D eigenvalue weighted by atomic mass is 31.2. The fourth-order valence-electron chi connectivity index (χ4n) is 2.69. The summed E-state index contributed by atoms with van der Waals surface area (Å²) in [6.45, 7) is 5.56. The topological polar surface area (TPSA) is 52.6 Å². The molecular formula is C16H17O4P. The summed E-state index contributed by atoms with van der Waals surface area (Å²) in [5, 5.41) is 1.09. The van der Waals surface area contributed by atoms with Gasteiger partial charge in [0.25, 0.3) is 0 Å². The van der Waals surface area contributed by atoms with Crippen LogP contribution in [0.4, 0.5) is 0 Å². The van der Waals surface area contributed by atoms with Gasteiger partial charge in [0, 0.05) is 0 Å². The Bertz CT molecular complexity index is 779. The Morgan fingerprint density at radius 1 is 1.19 bits per heavy atom. The third kappa shape index (κ3) is 2.02. The van der Waals surface area contributed by atoms with Crippen molar-refractivity contribution in [3.8, 4) is 0 Å². The Labute approximate surface area is 123 Å². The second-order valence-electron chi connectivity index (χ2n) is 5.60. The number of hydrogen-bond donors (Lipinski definition) is 0. The molecule has 0 aliphatic carbocycles. The van der Waals surface area contributed by atoms with E-state index in [-0.39, 0.29) is 6.61 Å². The van der Waals surface area contributed by atoms with Crippen LogP contribution in [0.25, 0.3) is 10.8 Å². The zero-order valence-electron chi connectivity index (χ0n) is 12.3. The molecule has 0 amide bonds. The van der Waals surface area contributed by atoms with Gasteiger partial charge in [-0.25, -0.2) is 9.36 Å². The van der Waals surface area contributed by atoms with Gasteiger partial charge in [0.2, 0.25) is 0 Å². The smallest absolute Gasteiger partial charge is 0.387 e. The summed E-state index contributed by atoms with van der Waals surface area (Å²) in [4.78, 5) is 12.2. The monoisotopic (exact) mass is 304 g/mol. The molecule has 0 saturated heterocycles. The first-order chi connectivity index (χ1) is 9.89. The Balaban J connectivity index is 2.29. The number of carbonyl (C=O) groups excluding carboxylic acids is 1. The van der Waals surface area contributed by atoms with Crippen LogP contribution in [0.1, 0.15) is 36.7 Å². The number of hydrogen-bond acceptors (Lipinski definition) is 4. The minimum absolute atomic E-state index is 0.233. The molecule has 5 heteroatoms. The fraction of sp³-hybridized carbons (Fsp3) is 0.312. The molecule has 0 saturated carbocycles. The molecule has 0 N–H and O–H groups in total. The van der Waals surface area contributed by atoms with Crippen molar-refractivity contribution in [3.05, 3.63) is 47.5 Å². The van der Waals surface area contributed by atoms with E-state index >= 15 is 0 Å². The standard InChI is InChI=1S/C16H17O4P/c1-4-19-21(18)16(2,3)14-10-12-8-6-5-7-11(12)9-13(14)15(17)20-21/h5-10H,4H2,1-3H3. The third-order valence-corrected chi connectivity index (χ3v) is 6.57. The highest BCUT2D eigenvalue weighted by Gasteiger charge is 2.52. The molecule has 4 nitrogen and oxygen atoms in total. The first kappa shape index (κ1) is 14.3. The maximum Gasteiger partial charge on any atom is 0.391 e. The van der Waals surface area contributed by atoms with Gasteiger partial charge < -0.3 is 4.52 Å². The lowest BCUT2D eigenvalue weighted by molar-refractivity contribution is 0.0665. The van der Waals surface area contributed by atoms with E-state index in [4.69, 9.17) is 9.05 Å². The molecule has 2 aromatic rings. The summed E-state index contributed by atoms with van der Waals surface area (Å²) >= 11 is 0. The van der Waals surface area contributed by atoms with Gasteiger partial charge in [0.05, 0.1) is 12.2 Å². The average Bonchev–Trinajstić information content (AvgIpc) is 2.44. The van der Waals surface area contributed by atoms with Gasteiger partial charge in [0.15, 0.2) is 0 Å².